The molecule has 0 spiro atoms. The average Bonchev–Trinajstić information content (AvgIpc) is 2.41. The molecular weight excluding hydrogens is 353 g/mol. The van der Waals surface area contributed by atoms with Gasteiger partial charge in [-0.05, 0) is 60.8 Å². The maximum atomic E-state index is 13.2. The minimum atomic E-state index is -0.302. The van der Waals surface area contributed by atoms with Crippen LogP contribution in [0.15, 0.2) is 40.9 Å². The molecule has 1 nitrogen and oxygen atoms in total. The summed E-state index contributed by atoms with van der Waals surface area (Å²) in [6.45, 7) is 5.03. The SMILES string of the molecule is CCNC(Cc1ccc(F)cc1Cl)c1ccc(Br)cc1C. The van der Waals surface area contributed by atoms with Gasteiger partial charge in [0.2, 0.25) is 0 Å². The molecule has 0 amide bonds. The predicted molar refractivity (Wildman–Crippen MR) is 90.4 cm³/mol. The van der Waals surface area contributed by atoms with Gasteiger partial charge < -0.3 is 5.32 Å². The van der Waals surface area contributed by atoms with Crippen molar-refractivity contribution in [3.05, 3.63) is 68.4 Å². The van der Waals surface area contributed by atoms with Crippen LogP contribution in [0.3, 0.4) is 0 Å². The molecule has 0 fully saturated rings. The van der Waals surface area contributed by atoms with E-state index in [2.05, 4.69) is 47.2 Å². The molecular formula is C17H18BrClFN. The van der Waals surface area contributed by atoms with Gasteiger partial charge in [-0.25, -0.2) is 4.39 Å². The van der Waals surface area contributed by atoms with Gasteiger partial charge in [-0.3, -0.25) is 0 Å². The second kappa shape index (κ2) is 7.39. The molecule has 0 saturated carbocycles. The predicted octanol–water partition coefficient (Wildman–Crippen LogP) is 5.44. The van der Waals surface area contributed by atoms with Crippen LogP contribution in [0.25, 0.3) is 0 Å². The van der Waals surface area contributed by atoms with E-state index in [1.54, 1.807) is 6.07 Å². The van der Waals surface area contributed by atoms with Gasteiger partial charge in [0.15, 0.2) is 0 Å². The summed E-state index contributed by atoms with van der Waals surface area (Å²) in [6, 6.07) is 11.0. The maximum Gasteiger partial charge on any atom is 0.124 e. The highest BCUT2D eigenvalue weighted by Gasteiger charge is 2.15. The summed E-state index contributed by atoms with van der Waals surface area (Å²) in [5.41, 5.74) is 3.40. The van der Waals surface area contributed by atoms with Crippen LogP contribution in [0, 0.1) is 12.7 Å². The number of nitrogens with one attached hydrogen (secondary N) is 1. The fraction of sp³-hybridized carbons (Fsp3) is 0.294. The molecule has 2 aromatic carbocycles. The van der Waals surface area contributed by atoms with Crippen LogP contribution in [0.4, 0.5) is 4.39 Å². The third kappa shape index (κ3) is 4.29. The number of hydrogen-bond donors (Lipinski definition) is 1. The van der Waals surface area contributed by atoms with Gasteiger partial charge >= 0.3 is 0 Å². The van der Waals surface area contributed by atoms with Gasteiger partial charge in [-0.1, -0.05) is 46.6 Å². The van der Waals surface area contributed by atoms with Crippen molar-refractivity contribution in [2.75, 3.05) is 6.54 Å². The Morgan fingerprint density at radius 3 is 2.62 bits per heavy atom. The van der Waals surface area contributed by atoms with Gasteiger partial charge in [-0.2, -0.15) is 0 Å². The number of hydrogen-bond acceptors (Lipinski definition) is 1. The fourth-order valence-electron chi connectivity index (χ4n) is 2.48. The van der Waals surface area contributed by atoms with Crippen LogP contribution in [0.1, 0.15) is 29.7 Å². The molecule has 1 atom stereocenters. The number of aryl methyl sites for hydroxylation is 1. The van der Waals surface area contributed by atoms with Crippen LogP contribution in [-0.4, -0.2) is 6.54 Å². The first-order valence-electron chi connectivity index (χ1n) is 6.94. The van der Waals surface area contributed by atoms with Crippen molar-refractivity contribution >= 4 is 27.5 Å². The van der Waals surface area contributed by atoms with Gasteiger partial charge in [0.25, 0.3) is 0 Å². The fourth-order valence-corrected chi connectivity index (χ4v) is 3.20. The monoisotopic (exact) mass is 369 g/mol. The number of benzene rings is 2. The van der Waals surface area contributed by atoms with E-state index in [1.807, 2.05) is 6.07 Å². The largest absolute Gasteiger partial charge is 0.310 e. The first-order chi connectivity index (χ1) is 10.0. The van der Waals surface area contributed by atoms with Gasteiger partial charge in [0, 0.05) is 15.5 Å². The Morgan fingerprint density at radius 2 is 2.00 bits per heavy atom. The molecule has 2 aromatic rings. The third-order valence-corrected chi connectivity index (χ3v) is 4.34. The van der Waals surface area contributed by atoms with Crippen molar-refractivity contribution in [1.82, 2.24) is 5.32 Å². The summed E-state index contributed by atoms with van der Waals surface area (Å²) in [5.74, 6) is -0.302. The number of likely N-dealkylation sites (N-methyl/N-ethyl adjacent to an activating group) is 1. The smallest absolute Gasteiger partial charge is 0.124 e. The molecule has 1 unspecified atom stereocenters. The molecule has 0 saturated heterocycles. The molecule has 1 N–H and O–H groups in total. The average molecular weight is 371 g/mol. The van der Waals surface area contributed by atoms with Gasteiger partial charge in [-0.15, -0.1) is 0 Å². The normalized spacial score (nSPS) is 12.4. The molecule has 4 heteroatoms. The highest BCUT2D eigenvalue weighted by Crippen LogP contribution is 2.27. The lowest BCUT2D eigenvalue weighted by Gasteiger charge is -2.21. The molecule has 0 aromatic heterocycles. The van der Waals surface area contributed by atoms with E-state index in [9.17, 15) is 4.39 Å². The van der Waals surface area contributed by atoms with E-state index in [0.29, 0.717) is 5.02 Å². The van der Waals surface area contributed by atoms with Crippen LogP contribution in [-0.2, 0) is 6.42 Å². The van der Waals surface area contributed by atoms with Crippen molar-refractivity contribution in [2.24, 2.45) is 0 Å². The molecule has 2 rings (SSSR count). The second-order valence-electron chi connectivity index (χ2n) is 5.05. The Kier molecular flexibility index (Phi) is 5.80. The standard InChI is InChI=1S/C17H18BrClFN/c1-3-21-17(15-7-5-13(18)8-11(15)2)9-12-4-6-14(20)10-16(12)19/h4-8,10,17,21H,3,9H2,1-2H3. The lowest BCUT2D eigenvalue weighted by molar-refractivity contribution is 0.546. The van der Waals surface area contributed by atoms with Crippen molar-refractivity contribution in [3.63, 3.8) is 0 Å². The lowest BCUT2D eigenvalue weighted by Crippen LogP contribution is -2.23. The molecule has 21 heavy (non-hydrogen) atoms. The van der Waals surface area contributed by atoms with E-state index in [-0.39, 0.29) is 11.9 Å². The zero-order valence-electron chi connectivity index (χ0n) is 12.1. The number of rotatable bonds is 5. The van der Waals surface area contributed by atoms with Crippen LogP contribution in [0.5, 0.6) is 0 Å². The molecule has 0 radical (unpaired) electrons. The Hall–Kier alpha value is -0.900. The zero-order valence-corrected chi connectivity index (χ0v) is 14.4. The molecule has 0 aliphatic rings. The van der Waals surface area contributed by atoms with Crippen molar-refractivity contribution in [2.45, 2.75) is 26.3 Å². The summed E-state index contributed by atoms with van der Waals surface area (Å²) in [5, 5.41) is 3.96. The lowest BCUT2D eigenvalue weighted by atomic mass is 9.95. The highest BCUT2D eigenvalue weighted by molar-refractivity contribution is 9.10. The van der Waals surface area contributed by atoms with Crippen LogP contribution >= 0.6 is 27.5 Å². The van der Waals surface area contributed by atoms with Crippen molar-refractivity contribution in [3.8, 4) is 0 Å². The van der Waals surface area contributed by atoms with Gasteiger partial charge in [0.05, 0.1) is 0 Å². The van der Waals surface area contributed by atoms with Crippen LogP contribution < -0.4 is 5.32 Å². The Labute approximate surface area is 138 Å². The van der Waals surface area contributed by atoms with Gasteiger partial charge in [0.1, 0.15) is 5.82 Å². The van der Waals surface area contributed by atoms with Crippen molar-refractivity contribution in [1.29, 1.82) is 0 Å². The van der Waals surface area contributed by atoms with E-state index < -0.39 is 0 Å². The summed E-state index contributed by atoms with van der Waals surface area (Å²) in [4.78, 5) is 0. The van der Waals surface area contributed by atoms with E-state index in [4.69, 9.17) is 11.6 Å². The molecule has 0 heterocycles. The second-order valence-corrected chi connectivity index (χ2v) is 6.37. The summed E-state index contributed by atoms with van der Waals surface area (Å²) >= 11 is 9.64. The molecule has 0 aliphatic heterocycles. The first kappa shape index (κ1) is 16.5. The molecule has 0 aliphatic carbocycles. The quantitative estimate of drug-likeness (QED) is 0.738. The minimum Gasteiger partial charge on any atom is -0.310 e. The first-order valence-corrected chi connectivity index (χ1v) is 8.11. The number of halogens is 3. The summed E-state index contributed by atoms with van der Waals surface area (Å²) in [7, 11) is 0. The summed E-state index contributed by atoms with van der Waals surface area (Å²) in [6.07, 6.45) is 0.732. The van der Waals surface area contributed by atoms with E-state index in [0.717, 1.165) is 23.0 Å². The minimum absolute atomic E-state index is 0.158. The van der Waals surface area contributed by atoms with E-state index >= 15 is 0 Å². The topological polar surface area (TPSA) is 12.0 Å². The van der Waals surface area contributed by atoms with E-state index in [1.165, 1.54) is 23.3 Å². The zero-order chi connectivity index (χ0) is 15.4. The van der Waals surface area contributed by atoms with Crippen molar-refractivity contribution < 1.29 is 4.39 Å². The third-order valence-electron chi connectivity index (χ3n) is 3.50. The molecule has 112 valence electrons. The Morgan fingerprint density at radius 1 is 1.24 bits per heavy atom. The highest BCUT2D eigenvalue weighted by atomic mass is 79.9. The Bertz CT molecular complexity index is 630. The Balaban J connectivity index is 2.30. The molecule has 0 bridgehead atoms. The maximum absolute atomic E-state index is 13.2. The van der Waals surface area contributed by atoms with Crippen LogP contribution in [0.2, 0.25) is 5.02 Å². The summed E-state index contributed by atoms with van der Waals surface area (Å²) < 4.78 is 14.2.